The van der Waals surface area contributed by atoms with Gasteiger partial charge in [0.2, 0.25) is 0 Å². The monoisotopic (exact) mass is 1050 g/mol. The minimum Gasteiger partial charge on any atom is -0.494 e. The Morgan fingerprint density at radius 2 is 1.30 bits per heavy atom. The van der Waals surface area contributed by atoms with E-state index in [1.165, 1.54) is 0 Å². The van der Waals surface area contributed by atoms with E-state index in [9.17, 15) is 71.2 Å². The van der Waals surface area contributed by atoms with Crippen molar-refractivity contribution < 1.29 is 114 Å². The zero-order chi connectivity index (χ0) is 52.6. The summed E-state index contributed by atoms with van der Waals surface area (Å²) >= 11 is 0. The van der Waals surface area contributed by atoms with Crippen molar-refractivity contribution in [1.82, 2.24) is 0 Å². The number of carbonyl (C=O) groups is 1. The molecule has 29 atom stereocenters. The number of fused-ring (bicyclic) bond motifs is 7. The molecule has 4 aliphatic carbocycles. The van der Waals surface area contributed by atoms with Gasteiger partial charge in [-0.1, -0.05) is 20.8 Å². The van der Waals surface area contributed by atoms with Gasteiger partial charge in [0.05, 0.1) is 45.7 Å². The summed E-state index contributed by atoms with van der Waals surface area (Å²) in [5, 5.41) is 136. The Morgan fingerprint density at radius 3 is 1.99 bits per heavy atom. The van der Waals surface area contributed by atoms with E-state index in [2.05, 4.69) is 20.8 Å². The van der Waals surface area contributed by atoms with Crippen LogP contribution in [0.3, 0.4) is 0 Å². The Balaban J connectivity index is 0.832. The third kappa shape index (κ3) is 10.3. The highest BCUT2D eigenvalue weighted by Gasteiger charge is 2.66. The maximum atomic E-state index is 14.5. The van der Waals surface area contributed by atoms with Gasteiger partial charge in [0.25, 0.3) is 0 Å². The smallest absolute Gasteiger partial charge is 0.186 e. The molecule has 13 N–H and O–H groups in total. The van der Waals surface area contributed by atoms with Gasteiger partial charge in [-0.2, -0.15) is 0 Å². The Kier molecular flexibility index (Phi) is 17.1. The molecule has 4 saturated carbocycles. The second-order valence-electron chi connectivity index (χ2n) is 23.3. The van der Waals surface area contributed by atoms with Gasteiger partial charge in [-0.05, 0) is 91.9 Å². The van der Waals surface area contributed by atoms with E-state index in [4.69, 9.17) is 42.6 Å². The Labute approximate surface area is 423 Å². The number of rotatable bonds is 15. The third-order valence-electron chi connectivity index (χ3n) is 18.8. The van der Waals surface area contributed by atoms with E-state index in [0.717, 1.165) is 30.6 Å². The maximum Gasteiger partial charge on any atom is 0.186 e. The van der Waals surface area contributed by atoms with Crippen LogP contribution in [-0.2, 0) is 47.4 Å². The second kappa shape index (κ2) is 22.2. The molecule has 1 unspecified atom stereocenters. The van der Waals surface area contributed by atoms with Crippen LogP contribution in [0.15, 0.2) is 11.3 Å². The number of ketones is 1. The van der Waals surface area contributed by atoms with Gasteiger partial charge < -0.3 is 109 Å². The van der Waals surface area contributed by atoms with Gasteiger partial charge in [0.15, 0.2) is 25.2 Å². The van der Waals surface area contributed by atoms with Crippen LogP contribution < -0.4 is 0 Å². The summed E-state index contributed by atoms with van der Waals surface area (Å²) in [6.07, 6.45) is -22.7. The molecule has 9 rings (SSSR count). The quantitative estimate of drug-likeness (QED) is 0.0714. The number of aliphatic hydroxyl groups is 13. The summed E-state index contributed by atoms with van der Waals surface area (Å²) in [5.74, 6) is 0.816. The van der Waals surface area contributed by atoms with Gasteiger partial charge in [0, 0.05) is 24.2 Å². The van der Waals surface area contributed by atoms with Crippen LogP contribution in [0.1, 0.15) is 79.1 Å². The zero-order valence-corrected chi connectivity index (χ0v) is 41.9. The Hall–Kier alpha value is -1.63. The molecule has 0 spiro atoms. The molecule has 418 valence electrons. The molecule has 0 amide bonds. The van der Waals surface area contributed by atoms with Crippen LogP contribution in [0.2, 0.25) is 0 Å². The molecule has 23 heteroatoms. The van der Waals surface area contributed by atoms with E-state index in [1.807, 2.05) is 6.92 Å². The van der Waals surface area contributed by atoms with E-state index in [0.29, 0.717) is 32.1 Å². The molecule has 0 aromatic carbocycles. The number of hydrogen-bond donors (Lipinski definition) is 13. The van der Waals surface area contributed by atoms with Crippen molar-refractivity contribution in [2.45, 2.75) is 202 Å². The first-order chi connectivity index (χ1) is 34.6. The first kappa shape index (κ1) is 56.1. The lowest BCUT2D eigenvalue weighted by Crippen LogP contribution is -2.64. The van der Waals surface area contributed by atoms with Crippen LogP contribution in [0, 0.1) is 52.3 Å². The lowest BCUT2D eigenvalue weighted by atomic mass is 9.44. The number of ether oxygens (including phenoxy) is 9. The minimum absolute atomic E-state index is 0.101. The van der Waals surface area contributed by atoms with E-state index >= 15 is 0 Å². The first-order valence-electron chi connectivity index (χ1n) is 26.3. The fraction of sp³-hybridized carbons (Fsp3) is 0.940. The van der Waals surface area contributed by atoms with Crippen molar-refractivity contribution in [2.75, 3.05) is 39.6 Å². The number of hydrogen-bond acceptors (Lipinski definition) is 23. The normalized spacial score (nSPS) is 51.9. The number of aliphatic hydroxyl groups excluding tert-OH is 13. The van der Waals surface area contributed by atoms with E-state index < -0.39 is 137 Å². The molecule has 5 aliphatic heterocycles. The van der Waals surface area contributed by atoms with Crippen molar-refractivity contribution in [3.63, 3.8) is 0 Å². The Morgan fingerprint density at radius 1 is 0.671 bits per heavy atom. The topological polar surface area (TPSA) is 363 Å². The lowest BCUT2D eigenvalue weighted by molar-refractivity contribution is -0.361. The second-order valence-corrected chi connectivity index (χ2v) is 23.3. The van der Waals surface area contributed by atoms with Crippen molar-refractivity contribution in [1.29, 1.82) is 0 Å². The lowest BCUT2D eigenvalue weighted by Gasteiger charge is -2.60. The summed E-state index contributed by atoms with van der Waals surface area (Å²) in [6.45, 7) is 6.71. The maximum absolute atomic E-state index is 14.5. The van der Waals surface area contributed by atoms with Crippen molar-refractivity contribution in [3.05, 3.63) is 11.3 Å². The molecule has 23 nitrogen and oxygen atoms in total. The molecule has 73 heavy (non-hydrogen) atoms. The van der Waals surface area contributed by atoms with Gasteiger partial charge in [-0.25, -0.2) is 0 Å². The molecular formula is C50H80O23. The molecule has 0 aromatic heterocycles. The molecule has 9 aliphatic rings. The molecule has 5 heterocycles. The molecular weight excluding hydrogens is 969 g/mol. The highest BCUT2D eigenvalue weighted by Crippen LogP contribution is 2.69. The fourth-order valence-corrected chi connectivity index (χ4v) is 14.8. The highest BCUT2D eigenvalue weighted by molar-refractivity contribution is 5.83. The molecule has 8 fully saturated rings. The summed E-state index contributed by atoms with van der Waals surface area (Å²) in [7, 11) is 0. The molecule has 4 saturated heterocycles. The van der Waals surface area contributed by atoms with E-state index in [-0.39, 0.29) is 84.0 Å². The largest absolute Gasteiger partial charge is 0.494 e. The zero-order valence-electron chi connectivity index (χ0n) is 41.9. The van der Waals surface area contributed by atoms with Gasteiger partial charge in [-0.15, -0.1) is 0 Å². The molecule has 0 radical (unpaired) electrons. The van der Waals surface area contributed by atoms with Crippen molar-refractivity contribution in [2.24, 2.45) is 52.3 Å². The summed E-state index contributed by atoms with van der Waals surface area (Å²) in [5.41, 5.74) is 0.616. The highest BCUT2D eigenvalue weighted by atomic mass is 16.8. The molecule has 0 bridgehead atoms. The standard InChI is InChI=1S/C50H80O23/c1-19(15-65-46-41(63)37(59)36(58)31(14-52)71-46)9-21(13-51)43-20(2)33-30(70-43)12-25-23-11-27(53)26-10-22(5-7-49(26,3)24(23)6-8-50(25,33)4)69-48-42(64)38(60)44(73-47-40(62)35(57)29(55)17-67-47)32(72-48)18-68-45-39(61)34(56)28(54)16-66-45/h19,21-26,28-42,44-48,51-52,54-64H,5-18H2,1-4H3/t19-,21?,22+,23-,24+,25+,26-,28+,29+,30+,31-,32-,33+,34+,35+,36-,37+,38-,39-,40-,41-,42-,44-,45+,46-,47+,48-,49-,50+/m1/s1. The molecule has 0 aromatic rings. The average Bonchev–Trinajstić information content (AvgIpc) is 3.86. The van der Waals surface area contributed by atoms with E-state index in [1.54, 1.807) is 0 Å². The van der Waals surface area contributed by atoms with Crippen molar-refractivity contribution in [3.8, 4) is 0 Å². The minimum atomic E-state index is -1.76. The summed E-state index contributed by atoms with van der Waals surface area (Å²) < 4.78 is 53.3. The third-order valence-corrected chi connectivity index (χ3v) is 18.8. The van der Waals surface area contributed by atoms with Crippen LogP contribution in [0.25, 0.3) is 0 Å². The van der Waals surface area contributed by atoms with Gasteiger partial charge in [-0.3, -0.25) is 4.79 Å². The van der Waals surface area contributed by atoms with Crippen LogP contribution >= 0.6 is 0 Å². The van der Waals surface area contributed by atoms with Gasteiger partial charge >= 0.3 is 0 Å². The fourth-order valence-electron chi connectivity index (χ4n) is 14.8. The van der Waals surface area contributed by atoms with Crippen LogP contribution in [0.4, 0.5) is 0 Å². The predicted molar refractivity (Wildman–Crippen MR) is 245 cm³/mol. The average molecular weight is 1050 g/mol. The SMILES string of the molecule is CC1=C(C(CO)C[C@@H](C)CO[C@@H]2O[C@H](CO)[C@@H](O)[C@H](O)[C@H]2O)O[C@H]2C[C@H]3[C@@H]4CC(=O)[C@H]5C[C@@H](O[C@@H]6O[C@H](CO[C@@H]7OC[C@H](O)[C@H](O)[C@H]7O)[C@@H](O[C@@H]7OC[C@H](O)[C@H](O)[C@H]7O)[C@H](O)[C@H]6O)CC[C@]5(C)[C@H]4CC[C@]3(C)[C@@H]12. The van der Waals surface area contributed by atoms with Crippen LogP contribution in [-0.4, -0.2) is 235 Å². The predicted octanol–water partition coefficient (Wildman–Crippen LogP) is -3.33. The summed E-state index contributed by atoms with van der Waals surface area (Å²) in [4.78, 5) is 14.5. The first-order valence-corrected chi connectivity index (χ1v) is 26.3. The van der Waals surface area contributed by atoms with Crippen LogP contribution in [0.5, 0.6) is 0 Å². The van der Waals surface area contributed by atoms with Crippen molar-refractivity contribution >= 4 is 5.78 Å². The van der Waals surface area contributed by atoms with Gasteiger partial charge in [0.1, 0.15) is 103 Å². The number of Topliss-reactive ketones (excluding diaryl/α,β-unsaturated/α-hetero) is 1. The summed E-state index contributed by atoms with van der Waals surface area (Å²) in [6, 6.07) is 0. The number of carbonyl (C=O) groups excluding carboxylic acids is 1. The Bertz CT molecular complexity index is 1930.